The number of ether oxygens (including phenoxy) is 2. The van der Waals surface area contributed by atoms with E-state index >= 15 is 0 Å². The third-order valence-corrected chi connectivity index (χ3v) is 4.54. The Kier molecular flexibility index (Phi) is 4.36. The average molecular weight is 302 g/mol. The van der Waals surface area contributed by atoms with Gasteiger partial charge in [0.05, 0.1) is 6.61 Å². The van der Waals surface area contributed by atoms with Crippen molar-refractivity contribution in [3.63, 3.8) is 0 Å². The molecule has 1 N–H and O–H groups in total. The molecule has 0 amide bonds. The van der Waals surface area contributed by atoms with Gasteiger partial charge in [-0.05, 0) is 36.8 Å². The smallest absolute Gasteiger partial charge is 0.138 e. The molecule has 2 aromatic carbocycles. The molecule has 2 aromatic rings. The van der Waals surface area contributed by atoms with E-state index in [4.69, 9.17) is 9.47 Å². The van der Waals surface area contributed by atoms with E-state index < -0.39 is 6.10 Å². The van der Waals surface area contributed by atoms with Gasteiger partial charge in [0, 0.05) is 10.6 Å². The normalized spacial score (nSPS) is 18.5. The highest BCUT2D eigenvalue weighted by atomic mass is 32.2. The molecule has 0 saturated carbocycles. The van der Waals surface area contributed by atoms with E-state index in [1.165, 1.54) is 0 Å². The van der Waals surface area contributed by atoms with Gasteiger partial charge >= 0.3 is 0 Å². The molecule has 1 heterocycles. The van der Waals surface area contributed by atoms with Gasteiger partial charge in [0.15, 0.2) is 0 Å². The van der Waals surface area contributed by atoms with Crippen molar-refractivity contribution in [2.75, 3.05) is 12.4 Å². The number of fused-ring (bicyclic) bond motifs is 1. The van der Waals surface area contributed by atoms with Gasteiger partial charge in [-0.2, -0.15) is 0 Å². The fraction of sp³-hybridized carbons (Fsp3) is 0.294. The third-order valence-electron chi connectivity index (χ3n) is 3.39. The second-order valence-electron chi connectivity index (χ2n) is 4.86. The quantitative estimate of drug-likeness (QED) is 0.935. The maximum Gasteiger partial charge on any atom is 0.138 e. The van der Waals surface area contributed by atoms with E-state index in [-0.39, 0.29) is 6.10 Å². The summed E-state index contributed by atoms with van der Waals surface area (Å²) in [6, 6.07) is 15.5. The number of para-hydroxylation sites is 1. The maximum atomic E-state index is 10.6. The molecule has 3 nitrogen and oxygen atoms in total. The standard InChI is InChI=1S/C17H18O3S/c1-2-19-13-7-5-6-12(10-13)17(18)15-11-21-16-9-4-3-8-14(16)20-15/h3-10,15,17-18H,2,11H2,1H3. The fourth-order valence-corrected chi connectivity index (χ4v) is 3.39. The second kappa shape index (κ2) is 6.41. The van der Waals surface area contributed by atoms with Crippen molar-refractivity contribution < 1.29 is 14.6 Å². The third kappa shape index (κ3) is 3.17. The Bertz CT molecular complexity index is 614. The van der Waals surface area contributed by atoms with Crippen molar-refractivity contribution in [1.82, 2.24) is 0 Å². The van der Waals surface area contributed by atoms with Crippen LogP contribution in [-0.4, -0.2) is 23.6 Å². The van der Waals surface area contributed by atoms with E-state index in [0.29, 0.717) is 6.61 Å². The molecule has 0 aromatic heterocycles. The maximum absolute atomic E-state index is 10.6. The lowest BCUT2D eigenvalue weighted by molar-refractivity contribution is 0.0456. The highest BCUT2D eigenvalue weighted by molar-refractivity contribution is 7.99. The van der Waals surface area contributed by atoms with Crippen LogP contribution in [0.15, 0.2) is 53.4 Å². The Morgan fingerprint density at radius 2 is 2.14 bits per heavy atom. The van der Waals surface area contributed by atoms with Crippen LogP contribution in [0.1, 0.15) is 18.6 Å². The Morgan fingerprint density at radius 1 is 1.29 bits per heavy atom. The van der Waals surface area contributed by atoms with Gasteiger partial charge in [0.2, 0.25) is 0 Å². The molecule has 0 radical (unpaired) electrons. The predicted octanol–water partition coefficient (Wildman–Crippen LogP) is 3.67. The Morgan fingerprint density at radius 3 is 3.00 bits per heavy atom. The Labute approximate surface area is 128 Å². The summed E-state index contributed by atoms with van der Waals surface area (Å²) in [5.74, 6) is 2.36. The lowest BCUT2D eigenvalue weighted by Gasteiger charge is -2.29. The molecule has 0 spiro atoms. The summed E-state index contributed by atoms with van der Waals surface area (Å²) in [5.41, 5.74) is 0.825. The minimum atomic E-state index is -0.661. The molecule has 21 heavy (non-hydrogen) atoms. The molecule has 110 valence electrons. The predicted molar refractivity (Wildman–Crippen MR) is 84.2 cm³/mol. The van der Waals surface area contributed by atoms with Gasteiger partial charge in [-0.15, -0.1) is 11.8 Å². The molecule has 1 aliphatic heterocycles. The first-order valence-electron chi connectivity index (χ1n) is 7.07. The Balaban J connectivity index is 1.77. The molecule has 0 bridgehead atoms. The molecular weight excluding hydrogens is 284 g/mol. The van der Waals surface area contributed by atoms with Gasteiger partial charge in [-0.25, -0.2) is 0 Å². The second-order valence-corrected chi connectivity index (χ2v) is 5.93. The zero-order valence-electron chi connectivity index (χ0n) is 11.9. The average Bonchev–Trinajstić information content (AvgIpc) is 2.54. The number of aliphatic hydroxyl groups is 1. The summed E-state index contributed by atoms with van der Waals surface area (Å²) >= 11 is 1.72. The molecule has 4 heteroatoms. The minimum Gasteiger partial charge on any atom is -0.494 e. The van der Waals surface area contributed by atoms with E-state index in [2.05, 4.69) is 0 Å². The summed E-state index contributed by atoms with van der Waals surface area (Å²) in [4.78, 5) is 1.13. The topological polar surface area (TPSA) is 38.7 Å². The molecule has 0 aliphatic carbocycles. The van der Waals surface area contributed by atoms with Crippen LogP contribution in [0.3, 0.4) is 0 Å². The molecule has 3 rings (SSSR count). The van der Waals surface area contributed by atoms with E-state index in [9.17, 15) is 5.11 Å². The van der Waals surface area contributed by atoms with Crippen molar-refractivity contribution >= 4 is 11.8 Å². The molecule has 2 atom stereocenters. The van der Waals surface area contributed by atoms with Gasteiger partial charge < -0.3 is 14.6 Å². The van der Waals surface area contributed by atoms with Crippen LogP contribution in [0, 0.1) is 0 Å². The summed E-state index contributed by atoms with van der Waals surface area (Å²) in [6.07, 6.45) is -0.909. The molecule has 2 unspecified atom stereocenters. The number of hydrogen-bond donors (Lipinski definition) is 1. The van der Waals surface area contributed by atoms with Crippen LogP contribution < -0.4 is 9.47 Å². The van der Waals surface area contributed by atoms with Gasteiger partial charge in [0.1, 0.15) is 23.7 Å². The monoisotopic (exact) mass is 302 g/mol. The lowest BCUT2D eigenvalue weighted by Crippen LogP contribution is -2.30. The number of thioether (sulfide) groups is 1. The zero-order chi connectivity index (χ0) is 14.7. The number of rotatable bonds is 4. The largest absolute Gasteiger partial charge is 0.494 e. The van der Waals surface area contributed by atoms with Gasteiger partial charge in [0.25, 0.3) is 0 Å². The first-order valence-corrected chi connectivity index (χ1v) is 8.06. The first-order chi connectivity index (χ1) is 10.3. The van der Waals surface area contributed by atoms with Crippen LogP contribution in [0.25, 0.3) is 0 Å². The van der Waals surface area contributed by atoms with Crippen LogP contribution in [0.5, 0.6) is 11.5 Å². The molecular formula is C17H18O3S. The number of aliphatic hydroxyl groups excluding tert-OH is 1. The SMILES string of the molecule is CCOc1cccc(C(O)C2CSc3ccccc3O2)c1. The highest BCUT2D eigenvalue weighted by Gasteiger charge is 2.28. The zero-order valence-corrected chi connectivity index (χ0v) is 12.7. The first kappa shape index (κ1) is 14.3. The summed E-state index contributed by atoms with van der Waals surface area (Å²) in [5, 5.41) is 10.6. The van der Waals surface area contributed by atoms with Crippen LogP contribution >= 0.6 is 11.8 Å². The summed E-state index contributed by atoms with van der Waals surface area (Å²) < 4.78 is 11.4. The molecule has 0 saturated heterocycles. The molecule has 0 fully saturated rings. The lowest BCUT2D eigenvalue weighted by atomic mass is 10.0. The van der Waals surface area contributed by atoms with Crippen molar-refractivity contribution in [3.8, 4) is 11.5 Å². The van der Waals surface area contributed by atoms with Crippen LogP contribution in [0.4, 0.5) is 0 Å². The Hall–Kier alpha value is -1.65. The molecule has 1 aliphatic rings. The van der Waals surface area contributed by atoms with E-state index in [1.807, 2.05) is 55.5 Å². The van der Waals surface area contributed by atoms with Crippen molar-refractivity contribution in [2.24, 2.45) is 0 Å². The minimum absolute atomic E-state index is 0.248. The van der Waals surface area contributed by atoms with Crippen molar-refractivity contribution in [2.45, 2.75) is 24.0 Å². The highest BCUT2D eigenvalue weighted by Crippen LogP contribution is 2.38. The van der Waals surface area contributed by atoms with E-state index in [0.717, 1.165) is 27.7 Å². The number of hydrogen-bond acceptors (Lipinski definition) is 4. The van der Waals surface area contributed by atoms with E-state index in [1.54, 1.807) is 11.8 Å². The van der Waals surface area contributed by atoms with Crippen LogP contribution in [0.2, 0.25) is 0 Å². The van der Waals surface area contributed by atoms with Gasteiger partial charge in [-0.1, -0.05) is 24.3 Å². The summed E-state index contributed by atoms with van der Waals surface area (Å²) in [7, 11) is 0. The fourth-order valence-electron chi connectivity index (χ4n) is 2.36. The van der Waals surface area contributed by atoms with Crippen molar-refractivity contribution in [1.29, 1.82) is 0 Å². The number of benzene rings is 2. The summed E-state index contributed by atoms with van der Waals surface area (Å²) in [6.45, 7) is 2.56. The van der Waals surface area contributed by atoms with Crippen molar-refractivity contribution in [3.05, 3.63) is 54.1 Å². The van der Waals surface area contributed by atoms with Gasteiger partial charge in [-0.3, -0.25) is 0 Å². The van der Waals surface area contributed by atoms with Crippen LogP contribution in [-0.2, 0) is 0 Å².